The minimum absolute atomic E-state index is 0.0165. The lowest BCUT2D eigenvalue weighted by atomic mass is 10.1. The molecule has 7 nitrogen and oxygen atoms in total. The zero-order valence-corrected chi connectivity index (χ0v) is 16.3. The van der Waals surface area contributed by atoms with Crippen molar-refractivity contribution in [2.24, 2.45) is 10.9 Å². The normalized spacial score (nSPS) is 20.1. The molecule has 1 aromatic heterocycles. The Morgan fingerprint density at radius 2 is 1.74 bits per heavy atom. The Morgan fingerprint density at radius 1 is 1.11 bits per heavy atom. The number of oxime groups is 1. The van der Waals surface area contributed by atoms with Crippen molar-refractivity contribution >= 4 is 17.6 Å². The van der Waals surface area contributed by atoms with Crippen LogP contribution < -0.4 is 10.6 Å². The molecule has 0 aliphatic carbocycles. The molecule has 2 fully saturated rings. The van der Waals surface area contributed by atoms with Crippen LogP contribution in [0.1, 0.15) is 57.4 Å². The Hall–Kier alpha value is -2.31. The van der Waals surface area contributed by atoms with Gasteiger partial charge < -0.3 is 20.4 Å². The number of pyridine rings is 1. The molecule has 3 rings (SSSR count). The van der Waals surface area contributed by atoms with Gasteiger partial charge in [-0.3, -0.25) is 4.79 Å². The van der Waals surface area contributed by atoms with E-state index in [0.717, 1.165) is 50.4 Å². The second-order valence-corrected chi connectivity index (χ2v) is 7.41. The van der Waals surface area contributed by atoms with E-state index in [-0.39, 0.29) is 11.7 Å². The number of anilines is 1. The van der Waals surface area contributed by atoms with Gasteiger partial charge in [-0.1, -0.05) is 18.0 Å². The number of hydrogen-bond donors (Lipinski definition) is 1. The predicted molar refractivity (Wildman–Crippen MR) is 107 cm³/mol. The maximum Gasteiger partial charge on any atom is 0.266 e. The molecule has 1 aromatic rings. The van der Waals surface area contributed by atoms with Crippen molar-refractivity contribution in [3.8, 4) is 0 Å². The molecule has 1 unspecified atom stereocenters. The number of likely N-dealkylation sites (tertiary alicyclic amines) is 1. The first-order chi connectivity index (χ1) is 13.1. The van der Waals surface area contributed by atoms with E-state index in [0.29, 0.717) is 0 Å². The van der Waals surface area contributed by atoms with Gasteiger partial charge in [-0.15, -0.1) is 0 Å². The summed E-state index contributed by atoms with van der Waals surface area (Å²) in [6.07, 6.45) is 9.25. The molecule has 0 radical (unpaired) electrons. The molecule has 0 bridgehead atoms. The average molecular weight is 374 g/mol. The molecule has 148 valence electrons. The fourth-order valence-corrected chi connectivity index (χ4v) is 3.66. The fourth-order valence-electron chi connectivity index (χ4n) is 3.66. The third-order valence-corrected chi connectivity index (χ3v) is 5.30. The first-order valence-corrected chi connectivity index (χ1v) is 10.1. The maximum absolute atomic E-state index is 12.5. The topological polar surface area (TPSA) is 84.0 Å². The van der Waals surface area contributed by atoms with Crippen LogP contribution in [0.3, 0.4) is 0 Å². The molecule has 7 heteroatoms. The fraction of sp³-hybridized carbons (Fsp3) is 0.650. The molecule has 27 heavy (non-hydrogen) atoms. The summed E-state index contributed by atoms with van der Waals surface area (Å²) in [5.74, 6) is 1.17. The van der Waals surface area contributed by atoms with Crippen LogP contribution in [0.4, 0.5) is 5.82 Å². The Bertz CT molecular complexity index is 650. The standard InChI is InChI=1S/C20H31N5O2/c1-16(20(26)25-13-5-2-3-6-14-25)27-23-19(21)17-9-10-22-18(15-17)24-11-7-4-8-12-24/h9-10,15-16H,2-8,11-14H2,1H3,(H2,21,23). The van der Waals surface area contributed by atoms with Gasteiger partial charge in [0.25, 0.3) is 5.91 Å². The van der Waals surface area contributed by atoms with Gasteiger partial charge >= 0.3 is 0 Å². The minimum atomic E-state index is -0.634. The first-order valence-electron chi connectivity index (χ1n) is 10.1. The van der Waals surface area contributed by atoms with E-state index < -0.39 is 6.10 Å². The quantitative estimate of drug-likeness (QED) is 0.487. The number of piperidine rings is 1. The smallest absolute Gasteiger partial charge is 0.266 e. The number of carbonyl (C=O) groups is 1. The number of amides is 1. The van der Waals surface area contributed by atoms with E-state index >= 15 is 0 Å². The monoisotopic (exact) mass is 373 g/mol. The van der Waals surface area contributed by atoms with Crippen LogP contribution in [0, 0.1) is 0 Å². The van der Waals surface area contributed by atoms with E-state index in [1.54, 1.807) is 13.1 Å². The van der Waals surface area contributed by atoms with Crippen LogP contribution >= 0.6 is 0 Å². The summed E-state index contributed by atoms with van der Waals surface area (Å²) in [6.45, 7) is 5.37. The average Bonchev–Trinajstić information content (AvgIpc) is 3.01. The molecular formula is C20H31N5O2. The Balaban J connectivity index is 1.60. The van der Waals surface area contributed by atoms with Crippen molar-refractivity contribution in [2.75, 3.05) is 31.1 Å². The largest absolute Gasteiger partial charge is 0.381 e. The molecule has 0 spiro atoms. The lowest BCUT2D eigenvalue weighted by molar-refractivity contribution is -0.142. The second-order valence-electron chi connectivity index (χ2n) is 7.41. The SMILES string of the molecule is CC(ON=C(N)c1ccnc(N2CCCCC2)c1)C(=O)N1CCCCCC1. The zero-order valence-electron chi connectivity index (χ0n) is 16.3. The molecule has 1 atom stereocenters. The lowest BCUT2D eigenvalue weighted by Gasteiger charge is -2.27. The third kappa shape index (κ3) is 5.34. The van der Waals surface area contributed by atoms with E-state index in [4.69, 9.17) is 10.6 Å². The summed E-state index contributed by atoms with van der Waals surface area (Å²) >= 11 is 0. The molecule has 0 aromatic carbocycles. The highest BCUT2D eigenvalue weighted by Crippen LogP contribution is 2.18. The molecule has 3 heterocycles. The van der Waals surface area contributed by atoms with Gasteiger partial charge in [0.15, 0.2) is 5.84 Å². The predicted octanol–water partition coefficient (Wildman–Crippen LogP) is 2.50. The highest BCUT2D eigenvalue weighted by Gasteiger charge is 2.23. The van der Waals surface area contributed by atoms with Crippen molar-refractivity contribution < 1.29 is 9.63 Å². The van der Waals surface area contributed by atoms with E-state index in [1.807, 2.05) is 17.0 Å². The van der Waals surface area contributed by atoms with E-state index in [1.165, 1.54) is 32.1 Å². The van der Waals surface area contributed by atoms with Crippen LogP contribution in [0.25, 0.3) is 0 Å². The van der Waals surface area contributed by atoms with Crippen molar-refractivity contribution in [3.63, 3.8) is 0 Å². The minimum Gasteiger partial charge on any atom is -0.381 e. The van der Waals surface area contributed by atoms with Gasteiger partial charge in [-0.25, -0.2) is 4.98 Å². The van der Waals surface area contributed by atoms with Crippen molar-refractivity contribution in [1.82, 2.24) is 9.88 Å². The van der Waals surface area contributed by atoms with Crippen molar-refractivity contribution in [1.29, 1.82) is 0 Å². The third-order valence-electron chi connectivity index (χ3n) is 5.30. The number of nitrogens with zero attached hydrogens (tertiary/aromatic N) is 4. The van der Waals surface area contributed by atoms with Gasteiger partial charge in [0.05, 0.1) is 0 Å². The van der Waals surface area contributed by atoms with Gasteiger partial charge in [0.1, 0.15) is 5.82 Å². The first kappa shape index (κ1) is 19.5. The highest BCUT2D eigenvalue weighted by atomic mass is 16.6. The van der Waals surface area contributed by atoms with Crippen molar-refractivity contribution in [3.05, 3.63) is 23.9 Å². The van der Waals surface area contributed by atoms with Gasteiger partial charge in [0.2, 0.25) is 6.10 Å². The Kier molecular flexibility index (Phi) is 6.90. The number of hydrogen-bond acceptors (Lipinski definition) is 5. The molecule has 2 N–H and O–H groups in total. The van der Waals surface area contributed by atoms with Gasteiger partial charge in [0, 0.05) is 37.9 Å². The van der Waals surface area contributed by atoms with Crippen LogP contribution in [-0.2, 0) is 9.63 Å². The molecular weight excluding hydrogens is 342 g/mol. The Morgan fingerprint density at radius 3 is 2.44 bits per heavy atom. The molecule has 2 aliphatic rings. The van der Waals surface area contributed by atoms with Crippen LogP contribution in [0.2, 0.25) is 0 Å². The maximum atomic E-state index is 12.5. The number of carbonyl (C=O) groups excluding carboxylic acids is 1. The van der Waals surface area contributed by atoms with Crippen LogP contribution in [-0.4, -0.2) is 53.9 Å². The Labute approximate surface area is 161 Å². The van der Waals surface area contributed by atoms with Gasteiger partial charge in [-0.2, -0.15) is 0 Å². The number of nitrogens with two attached hydrogens (primary N) is 1. The number of amidine groups is 1. The summed E-state index contributed by atoms with van der Waals surface area (Å²) < 4.78 is 0. The summed E-state index contributed by atoms with van der Waals surface area (Å²) in [7, 11) is 0. The number of aromatic nitrogens is 1. The van der Waals surface area contributed by atoms with Gasteiger partial charge in [-0.05, 0) is 51.2 Å². The molecule has 2 aliphatic heterocycles. The summed E-state index contributed by atoms with van der Waals surface area (Å²) in [6, 6.07) is 3.76. The highest BCUT2D eigenvalue weighted by molar-refractivity contribution is 5.97. The summed E-state index contributed by atoms with van der Waals surface area (Å²) in [4.78, 5) is 26.6. The van der Waals surface area contributed by atoms with E-state index in [2.05, 4.69) is 15.0 Å². The molecule has 1 amide bonds. The molecule has 0 saturated carbocycles. The second kappa shape index (κ2) is 9.58. The van der Waals surface area contributed by atoms with E-state index in [9.17, 15) is 4.79 Å². The van der Waals surface area contributed by atoms with Crippen LogP contribution in [0.15, 0.2) is 23.5 Å². The summed E-state index contributed by atoms with van der Waals surface area (Å²) in [5.41, 5.74) is 6.86. The van der Waals surface area contributed by atoms with Crippen molar-refractivity contribution in [2.45, 2.75) is 58.0 Å². The number of rotatable bonds is 5. The molecule has 2 saturated heterocycles. The zero-order chi connectivity index (χ0) is 19.1. The summed E-state index contributed by atoms with van der Waals surface area (Å²) in [5, 5.41) is 4.02. The lowest BCUT2D eigenvalue weighted by Crippen LogP contribution is -2.39. The van der Waals surface area contributed by atoms with Crippen LogP contribution in [0.5, 0.6) is 0 Å².